The van der Waals surface area contributed by atoms with Gasteiger partial charge in [-0.05, 0) is 43.9 Å². The van der Waals surface area contributed by atoms with Crippen LogP contribution in [0.5, 0.6) is 5.75 Å². The van der Waals surface area contributed by atoms with E-state index in [-0.39, 0.29) is 30.1 Å². The minimum absolute atomic E-state index is 0.0217. The van der Waals surface area contributed by atoms with E-state index in [9.17, 15) is 14.4 Å². The lowest BCUT2D eigenvalue weighted by Gasteiger charge is -2.29. The minimum Gasteiger partial charge on any atom is -0.496 e. The number of benzene rings is 1. The van der Waals surface area contributed by atoms with Crippen molar-refractivity contribution in [3.05, 3.63) is 29.3 Å². The van der Waals surface area contributed by atoms with Crippen LogP contribution >= 0.6 is 11.8 Å². The molecule has 1 N–H and O–H groups in total. The van der Waals surface area contributed by atoms with Crippen molar-refractivity contribution in [3.8, 4) is 5.75 Å². The van der Waals surface area contributed by atoms with E-state index in [0.717, 1.165) is 24.8 Å². The summed E-state index contributed by atoms with van der Waals surface area (Å²) in [5.41, 5.74) is 1.45. The predicted molar refractivity (Wildman–Crippen MR) is 110 cm³/mol. The Morgan fingerprint density at radius 3 is 2.64 bits per heavy atom. The Kier molecular flexibility index (Phi) is 8.83. The summed E-state index contributed by atoms with van der Waals surface area (Å²) >= 11 is 1.35. The van der Waals surface area contributed by atoms with Gasteiger partial charge in [0, 0.05) is 22.9 Å². The van der Waals surface area contributed by atoms with Crippen molar-refractivity contribution in [2.45, 2.75) is 51.3 Å². The molecule has 0 spiro atoms. The molecule has 0 aromatic heterocycles. The van der Waals surface area contributed by atoms with Gasteiger partial charge in [-0.3, -0.25) is 14.4 Å². The van der Waals surface area contributed by atoms with Gasteiger partial charge in [0.25, 0.3) is 5.91 Å². The molecular weight excluding hydrogens is 378 g/mol. The number of ketones is 1. The summed E-state index contributed by atoms with van der Waals surface area (Å²) in [6.07, 6.45) is 4.44. The summed E-state index contributed by atoms with van der Waals surface area (Å²) < 4.78 is 10.4. The zero-order chi connectivity index (χ0) is 20.5. The summed E-state index contributed by atoms with van der Waals surface area (Å²) in [5.74, 6) is 1.07. The van der Waals surface area contributed by atoms with Crippen LogP contribution in [0.3, 0.4) is 0 Å². The number of amides is 1. The normalized spacial score (nSPS) is 19.0. The number of hydrogen-bond acceptors (Lipinski definition) is 6. The van der Waals surface area contributed by atoms with Crippen LogP contribution in [-0.4, -0.2) is 43.2 Å². The summed E-state index contributed by atoms with van der Waals surface area (Å²) in [7, 11) is 1.57. The molecule has 1 aromatic rings. The maximum Gasteiger partial charge on any atom is 0.316 e. The second kappa shape index (κ2) is 11.1. The average Bonchev–Trinajstić information content (AvgIpc) is 2.68. The summed E-state index contributed by atoms with van der Waals surface area (Å²) in [6, 6.07) is 5.42. The van der Waals surface area contributed by atoms with E-state index in [1.165, 1.54) is 25.1 Å². The summed E-state index contributed by atoms with van der Waals surface area (Å²) in [6.45, 7) is 3.41. The van der Waals surface area contributed by atoms with Gasteiger partial charge in [-0.2, -0.15) is 0 Å². The van der Waals surface area contributed by atoms with Gasteiger partial charge >= 0.3 is 5.97 Å². The highest BCUT2D eigenvalue weighted by molar-refractivity contribution is 7.99. The number of thioether (sulfide) groups is 1. The third kappa shape index (κ3) is 6.86. The highest BCUT2D eigenvalue weighted by Crippen LogP contribution is 2.25. The number of carbonyl (C=O) groups is 3. The highest BCUT2D eigenvalue weighted by atomic mass is 32.2. The number of methoxy groups -OCH3 is 1. The van der Waals surface area contributed by atoms with Gasteiger partial charge < -0.3 is 14.8 Å². The van der Waals surface area contributed by atoms with Crippen molar-refractivity contribution in [2.24, 2.45) is 5.92 Å². The predicted octanol–water partition coefficient (Wildman–Crippen LogP) is 3.37. The molecule has 6 nitrogen and oxygen atoms in total. The second-order valence-corrected chi connectivity index (χ2v) is 8.16. The molecule has 1 saturated carbocycles. The molecule has 1 aliphatic carbocycles. The number of nitrogens with one attached hydrogen (secondary N) is 1. The van der Waals surface area contributed by atoms with Crippen LogP contribution < -0.4 is 10.1 Å². The van der Waals surface area contributed by atoms with Crippen LogP contribution in [0.1, 0.15) is 55.5 Å². The molecule has 2 atom stereocenters. The van der Waals surface area contributed by atoms with Gasteiger partial charge in [0.05, 0.1) is 12.9 Å². The molecular formula is C21H29NO5S. The lowest BCUT2D eigenvalue weighted by atomic mass is 9.86. The molecule has 1 aromatic carbocycles. The molecule has 7 heteroatoms. The molecule has 1 amide bonds. The molecule has 154 valence electrons. The number of Topliss-reactive ketones (excluding diaryl/α,β-unsaturated/α-hetero) is 1. The first-order valence-corrected chi connectivity index (χ1v) is 10.8. The molecule has 0 saturated heterocycles. The van der Waals surface area contributed by atoms with Gasteiger partial charge in [0.15, 0.2) is 12.4 Å². The zero-order valence-corrected chi connectivity index (χ0v) is 17.6. The van der Waals surface area contributed by atoms with Crippen molar-refractivity contribution in [2.75, 3.05) is 19.5 Å². The quantitative estimate of drug-likeness (QED) is 0.499. The molecule has 0 bridgehead atoms. The van der Waals surface area contributed by atoms with Crippen LogP contribution in [0.15, 0.2) is 18.2 Å². The van der Waals surface area contributed by atoms with Crippen molar-refractivity contribution in [1.82, 2.24) is 5.32 Å². The van der Waals surface area contributed by atoms with Crippen molar-refractivity contribution < 1.29 is 23.9 Å². The number of rotatable bonds is 9. The SMILES string of the molecule is COc1ccc(C(C)=O)cc1CSCC(=O)OCC(=O)N[C@H]1CCCC[C@H]1C. The maximum absolute atomic E-state index is 12.0. The third-order valence-electron chi connectivity index (χ3n) is 4.99. The fourth-order valence-corrected chi connectivity index (χ4v) is 4.12. The zero-order valence-electron chi connectivity index (χ0n) is 16.8. The van der Waals surface area contributed by atoms with Crippen molar-refractivity contribution >= 4 is 29.4 Å². The van der Waals surface area contributed by atoms with E-state index in [2.05, 4.69) is 12.2 Å². The lowest BCUT2D eigenvalue weighted by molar-refractivity contribution is -0.146. The van der Waals surface area contributed by atoms with E-state index < -0.39 is 5.97 Å². The first-order chi connectivity index (χ1) is 13.4. The molecule has 1 aliphatic rings. The Balaban J connectivity index is 1.73. The molecule has 0 radical (unpaired) electrons. The van der Waals surface area contributed by atoms with E-state index in [4.69, 9.17) is 9.47 Å². The molecule has 28 heavy (non-hydrogen) atoms. The number of carbonyl (C=O) groups excluding carboxylic acids is 3. The minimum atomic E-state index is -0.432. The summed E-state index contributed by atoms with van der Waals surface area (Å²) in [4.78, 5) is 35.4. The summed E-state index contributed by atoms with van der Waals surface area (Å²) in [5, 5.41) is 2.97. The Morgan fingerprint density at radius 2 is 1.96 bits per heavy atom. The maximum atomic E-state index is 12.0. The van der Waals surface area contributed by atoms with Gasteiger partial charge in [-0.1, -0.05) is 19.8 Å². The van der Waals surface area contributed by atoms with E-state index >= 15 is 0 Å². The fourth-order valence-electron chi connectivity index (χ4n) is 3.32. The van der Waals surface area contributed by atoms with Crippen LogP contribution in [0.25, 0.3) is 0 Å². The number of esters is 1. The van der Waals surface area contributed by atoms with E-state index in [1.54, 1.807) is 25.3 Å². The molecule has 1 fully saturated rings. The van der Waals surface area contributed by atoms with Crippen molar-refractivity contribution in [1.29, 1.82) is 0 Å². The van der Waals surface area contributed by atoms with Crippen LogP contribution in [-0.2, 0) is 20.1 Å². The van der Waals surface area contributed by atoms with Crippen molar-refractivity contribution in [3.63, 3.8) is 0 Å². The topological polar surface area (TPSA) is 81.7 Å². The molecule has 0 heterocycles. The monoisotopic (exact) mass is 407 g/mol. The first-order valence-electron chi connectivity index (χ1n) is 9.61. The van der Waals surface area contributed by atoms with Gasteiger partial charge in [-0.25, -0.2) is 0 Å². The molecule has 0 unspecified atom stereocenters. The van der Waals surface area contributed by atoms with E-state index in [0.29, 0.717) is 23.0 Å². The average molecular weight is 408 g/mol. The van der Waals surface area contributed by atoms with Gasteiger partial charge in [-0.15, -0.1) is 11.8 Å². The van der Waals surface area contributed by atoms with Gasteiger partial charge in [0.1, 0.15) is 5.75 Å². The number of ether oxygens (including phenoxy) is 2. The largest absolute Gasteiger partial charge is 0.496 e. The molecule has 0 aliphatic heterocycles. The Labute approximate surface area is 170 Å². The first kappa shape index (κ1) is 22.3. The fraction of sp³-hybridized carbons (Fsp3) is 0.571. The number of hydrogen-bond donors (Lipinski definition) is 1. The van der Waals surface area contributed by atoms with Crippen LogP contribution in [0, 0.1) is 5.92 Å². The second-order valence-electron chi connectivity index (χ2n) is 7.17. The Bertz CT molecular complexity index is 706. The highest BCUT2D eigenvalue weighted by Gasteiger charge is 2.23. The van der Waals surface area contributed by atoms with E-state index in [1.807, 2.05) is 0 Å². The Hall–Kier alpha value is -2.02. The van der Waals surface area contributed by atoms with Crippen LogP contribution in [0.4, 0.5) is 0 Å². The Morgan fingerprint density at radius 1 is 1.21 bits per heavy atom. The lowest BCUT2D eigenvalue weighted by Crippen LogP contribution is -2.43. The standard InChI is InChI=1S/C21H29NO5S/c1-14-6-4-5-7-18(14)22-20(24)11-27-21(25)13-28-12-17-10-16(15(2)23)8-9-19(17)26-3/h8-10,14,18H,4-7,11-13H2,1-3H3,(H,22,24)/t14-,18+/m1/s1. The molecule has 2 rings (SSSR count). The third-order valence-corrected chi connectivity index (χ3v) is 5.94. The van der Waals surface area contributed by atoms with Crippen LogP contribution in [0.2, 0.25) is 0 Å². The van der Waals surface area contributed by atoms with Gasteiger partial charge in [0.2, 0.25) is 0 Å². The smallest absolute Gasteiger partial charge is 0.316 e.